The van der Waals surface area contributed by atoms with Gasteiger partial charge >= 0.3 is 0 Å². The van der Waals surface area contributed by atoms with Crippen molar-refractivity contribution < 1.29 is 19.5 Å². The molecule has 0 radical (unpaired) electrons. The molecular formula is C42H62N6O4. The topological polar surface area (TPSA) is 149 Å². The largest absolute Gasteiger partial charge is 0.508 e. The van der Waals surface area contributed by atoms with Crippen LogP contribution in [0.15, 0.2) is 53.5 Å². The van der Waals surface area contributed by atoms with Gasteiger partial charge in [0.05, 0.1) is 17.8 Å². The summed E-state index contributed by atoms with van der Waals surface area (Å²) in [7, 11) is 0. The van der Waals surface area contributed by atoms with Crippen molar-refractivity contribution in [3.63, 3.8) is 0 Å². The van der Waals surface area contributed by atoms with Crippen LogP contribution >= 0.6 is 0 Å². The van der Waals surface area contributed by atoms with Crippen molar-refractivity contribution >= 4 is 23.6 Å². The first-order valence-corrected chi connectivity index (χ1v) is 19.6. The molecule has 1 heterocycles. The van der Waals surface area contributed by atoms with E-state index in [2.05, 4.69) is 45.8 Å². The lowest BCUT2D eigenvalue weighted by Gasteiger charge is -2.55. The average Bonchev–Trinajstić information content (AvgIpc) is 3.86. The van der Waals surface area contributed by atoms with Crippen molar-refractivity contribution in [1.82, 2.24) is 20.9 Å². The molecule has 10 nitrogen and oxygen atoms in total. The van der Waals surface area contributed by atoms with E-state index < -0.39 is 11.5 Å². The molecule has 4 unspecified atom stereocenters. The number of nitrogens with two attached hydrogens (primary N) is 1. The number of carbonyl (C=O) groups is 3. The summed E-state index contributed by atoms with van der Waals surface area (Å²) < 4.78 is 0. The average molecular weight is 715 g/mol. The fraction of sp³-hybridized carbons (Fsp3) is 0.619. The number of nitrogens with zero attached hydrogens (tertiary/aromatic N) is 2. The zero-order chi connectivity index (χ0) is 37.5. The number of hydrogen-bond acceptors (Lipinski definition) is 6. The second-order valence-electron chi connectivity index (χ2n) is 16.2. The van der Waals surface area contributed by atoms with Gasteiger partial charge < -0.3 is 26.8 Å². The second kappa shape index (κ2) is 17.3. The highest BCUT2D eigenvalue weighted by atomic mass is 16.3. The van der Waals surface area contributed by atoms with E-state index in [0.29, 0.717) is 36.5 Å². The molecule has 6 atom stereocenters. The van der Waals surface area contributed by atoms with Crippen LogP contribution in [0.1, 0.15) is 103 Å². The summed E-state index contributed by atoms with van der Waals surface area (Å²) >= 11 is 0. The van der Waals surface area contributed by atoms with Gasteiger partial charge in [-0.25, -0.2) is 0 Å². The molecule has 3 amide bonds. The molecular weight excluding hydrogens is 653 g/mol. The predicted octanol–water partition coefficient (Wildman–Crippen LogP) is 4.97. The number of carbonyl (C=O) groups excluding carboxylic acids is 3. The van der Waals surface area contributed by atoms with E-state index in [1.54, 1.807) is 6.07 Å². The summed E-state index contributed by atoms with van der Waals surface area (Å²) in [4.78, 5) is 47.4. The Labute approximate surface area is 310 Å². The van der Waals surface area contributed by atoms with Crippen LogP contribution in [0.25, 0.3) is 0 Å². The fourth-order valence-electron chi connectivity index (χ4n) is 8.78. The van der Waals surface area contributed by atoms with Gasteiger partial charge in [-0.1, -0.05) is 83.9 Å². The quantitative estimate of drug-likeness (QED) is 0.0837. The molecule has 1 aliphatic heterocycles. The van der Waals surface area contributed by atoms with Gasteiger partial charge in [-0.05, 0) is 97.1 Å². The van der Waals surface area contributed by atoms with Crippen molar-refractivity contribution in [3.05, 3.63) is 65.2 Å². The maximum absolute atomic E-state index is 14.1. The summed E-state index contributed by atoms with van der Waals surface area (Å²) in [6, 6.07) is 15.5. The SMILES string of the molecule is CCC(N)=NCCCCCCNC(=O)C(CC(C)C)NC(=O)CNC(=O)[C@]1(c2ccccc2)CC1CN1CC[C@@]2(C)c3cc(O)ccc3CC1C2C. The van der Waals surface area contributed by atoms with E-state index in [0.717, 1.165) is 76.6 Å². The Morgan fingerprint density at radius 3 is 2.54 bits per heavy atom. The minimum atomic E-state index is -0.701. The number of amidine groups is 1. The molecule has 2 aromatic carbocycles. The number of hydrogen-bond donors (Lipinski definition) is 5. The number of amides is 3. The van der Waals surface area contributed by atoms with Crippen molar-refractivity contribution in [1.29, 1.82) is 0 Å². The minimum absolute atomic E-state index is 0.00191. The Morgan fingerprint density at radius 2 is 1.81 bits per heavy atom. The van der Waals surface area contributed by atoms with Crippen molar-refractivity contribution in [2.24, 2.45) is 28.5 Å². The minimum Gasteiger partial charge on any atom is -0.508 e. The van der Waals surface area contributed by atoms with Gasteiger partial charge in [0.2, 0.25) is 17.7 Å². The number of fused-ring (bicyclic) bond motifs is 4. The van der Waals surface area contributed by atoms with Crippen molar-refractivity contribution in [2.45, 2.75) is 115 Å². The van der Waals surface area contributed by atoms with Crippen molar-refractivity contribution in [2.75, 3.05) is 32.7 Å². The third kappa shape index (κ3) is 8.99. The summed E-state index contributed by atoms with van der Waals surface area (Å²) in [5.41, 5.74) is 8.63. The number of unbranched alkanes of at least 4 members (excludes halogenated alkanes) is 3. The Hall–Kier alpha value is -3.92. The molecule has 2 bridgehead atoms. The van der Waals surface area contributed by atoms with Crippen molar-refractivity contribution in [3.8, 4) is 5.75 Å². The van der Waals surface area contributed by atoms with Crippen LogP contribution in [0.2, 0.25) is 0 Å². The highest BCUT2D eigenvalue weighted by molar-refractivity contribution is 5.95. The van der Waals surface area contributed by atoms with Crippen LogP contribution in [0.5, 0.6) is 5.75 Å². The maximum Gasteiger partial charge on any atom is 0.242 e. The van der Waals surface area contributed by atoms with Gasteiger partial charge in [0, 0.05) is 32.1 Å². The molecule has 1 saturated heterocycles. The first kappa shape index (κ1) is 39.3. The lowest BCUT2D eigenvalue weighted by Crippen LogP contribution is -2.58. The summed E-state index contributed by atoms with van der Waals surface area (Å²) in [5, 5.41) is 19.1. The van der Waals surface area contributed by atoms with Crippen LogP contribution < -0.4 is 21.7 Å². The number of aromatic hydroxyl groups is 1. The number of phenolic OH excluding ortho intramolecular Hbond substituents is 1. The number of nitrogens with one attached hydrogen (secondary N) is 3. The fourth-order valence-corrected chi connectivity index (χ4v) is 8.78. The lowest BCUT2D eigenvalue weighted by molar-refractivity contribution is -0.130. The van der Waals surface area contributed by atoms with E-state index in [9.17, 15) is 19.5 Å². The zero-order valence-corrected chi connectivity index (χ0v) is 32.0. The Morgan fingerprint density at radius 1 is 1.06 bits per heavy atom. The summed E-state index contributed by atoms with van der Waals surface area (Å²) in [5.74, 6) is 1.06. The lowest BCUT2D eigenvalue weighted by atomic mass is 9.59. The zero-order valence-electron chi connectivity index (χ0n) is 32.0. The van der Waals surface area contributed by atoms with Gasteiger partial charge in [0.1, 0.15) is 11.8 Å². The monoisotopic (exact) mass is 714 g/mol. The van der Waals surface area contributed by atoms with Gasteiger partial charge in [0.15, 0.2) is 0 Å². The van der Waals surface area contributed by atoms with Crippen LogP contribution in [-0.2, 0) is 31.6 Å². The number of benzene rings is 2. The number of likely N-dealkylation sites (tertiary alicyclic amines) is 1. The predicted molar refractivity (Wildman–Crippen MR) is 207 cm³/mol. The number of aliphatic imine (C=N–C) groups is 1. The highest BCUT2D eigenvalue weighted by Gasteiger charge is 2.62. The van der Waals surface area contributed by atoms with Crippen LogP contribution in [0, 0.1) is 17.8 Å². The molecule has 2 aromatic rings. The maximum atomic E-state index is 14.1. The number of rotatable bonds is 18. The van der Waals surface area contributed by atoms with Gasteiger partial charge in [-0.15, -0.1) is 0 Å². The second-order valence-corrected chi connectivity index (χ2v) is 16.2. The van der Waals surface area contributed by atoms with E-state index in [-0.39, 0.29) is 41.5 Å². The summed E-state index contributed by atoms with van der Waals surface area (Å²) in [6.45, 7) is 13.6. The van der Waals surface area contributed by atoms with Gasteiger partial charge in [0.25, 0.3) is 0 Å². The molecule has 10 heteroatoms. The third-order valence-electron chi connectivity index (χ3n) is 12.2. The molecule has 5 rings (SSSR count). The van der Waals surface area contributed by atoms with E-state index in [1.807, 2.05) is 57.2 Å². The van der Waals surface area contributed by atoms with E-state index in [4.69, 9.17) is 5.73 Å². The Bertz CT molecular complexity index is 1580. The molecule has 2 fully saturated rings. The van der Waals surface area contributed by atoms with E-state index in [1.165, 1.54) is 11.1 Å². The van der Waals surface area contributed by atoms with Crippen LogP contribution in [-0.4, -0.2) is 78.4 Å². The molecule has 6 N–H and O–H groups in total. The Balaban J connectivity index is 1.15. The molecule has 2 aliphatic carbocycles. The molecule has 52 heavy (non-hydrogen) atoms. The normalized spacial score (nSPS) is 26.0. The van der Waals surface area contributed by atoms with Crippen LogP contribution in [0.3, 0.4) is 0 Å². The molecule has 1 saturated carbocycles. The summed E-state index contributed by atoms with van der Waals surface area (Å²) in [6.07, 6.45) is 7.76. The van der Waals surface area contributed by atoms with Gasteiger partial charge in [-0.2, -0.15) is 0 Å². The van der Waals surface area contributed by atoms with Gasteiger partial charge in [-0.3, -0.25) is 24.3 Å². The van der Waals surface area contributed by atoms with E-state index >= 15 is 0 Å². The first-order chi connectivity index (χ1) is 24.9. The molecule has 0 spiro atoms. The van der Waals surface area contributed by atoms with Crippen LogP contribution in [0.4, 0.5) is 0 Å². The Kier molecular flexibility index (Phi) is 13.1. The molecule has 284 valence electrons. The third-order valence-corrected chi connectivity index (χ3v) is 12.2. The first-order valence-electron chi connectivity index (χ1n) is 19.6. The molecule has 3 aliphatic rings. The number of phenols is 1. The number of piperidine rings is 1. The smallest absolute Gasteiger partial charge is 0.242 e. The molecule has 0 aromatic heterocycles. The standard InChI is InChI=1S/C42H62N6O4/c1-6-37(43)44-19-12-7-8-13-20-45-39(51)35(22-28(2)3)47-38(50)26-46-40(52)42(31-14-10-9-11-15-31)25-32(42)27-48-21-18-41(5)29(4)36(48)23-30-16-17-33(49)24-34(30)41/h9-11,14-17,24,28-29,32,35-36,49H,6-8,12-13,18-23,25-27H2,1-5H3,(H2,43,44)(H,45,51)(H,46,52)(H,47,50)/t29?,32?,35?,36?,41-,42+/m1/s1. The highest BCUT2D eigenvalue weighted by Crippen LogP contribution is 2.56.